The molecule has 5 nitrogen and oxygen atoms in total. The number of benzene rings is 1. The molecule has 3 rings (SSSR count). The molecule has 0 radical (unpaired) electrons. The average Bonchev–Trinajstić information content (AvgIpc) is 2.96. The zero-order valence-electron chi connectivity index (χ0n) is 11.6. The van der Waals surface area contributed by atoms with E-state index in [1.165, 1.54) is 0 Å². The van der Waals surface area contributed by atoms with Crippen molar-refractivity contribution in [2.24, 2.45) is 0 Å². The van der Waals surface area contributed by atoms with Crippen LogP contribution in [0.3, 0.4) is 0 Å². The predicted octanol–water partition coefficient (Wildman–Crippen LogP) is 2.84. The molecule has 0 unspecified atom stereocenters. The van der Waals surface area contributed by atoms with Gasteiger partial charge in [0.15, 0.2) is 4.88 Å². The zero-order valence-corrected chi connectivity index (χ0v) is 12.4. The average molecular weight is 311 g/mol. The number of pyridine rings is 1. The van der Waals surface area contributed by atoms with Crippen molar-refractivity contribution in [1.29, 1.82) is 0 Å². The number of amides is 1. The molecule has 0 bridgehead atoms. The van der Waals surface area contributed by atoms with Crippen molar-refractivity contribution in [3.8, 4) is 16.5 Å². The van der Waals surface area contributed by atoms with Gasteiger partial charge in [-0.05, 0) is 17.7 Å². The molecule has 3 aromatic rings. The van der Waals surface area contributed by atoms with Gasteiger partial charge in [-0.2, -0.15) is 0 Å². The molecule has 0 aliphatic rings. The molecule has 0 spiro atoms. The van der Waals surface area contributed by atoms with Gasteiger partial charge < -0.3 is 10.4 Å². The molecule has 0 fully saturated rings. The summed E-state index contributed by atoms with van der Waals surface area (Å²) in [4.78, 5) is 20.4. The van der Waals surface area contributed by atoms with E-state index in [0.29, 0.717) is 11.6 Å². The zero-order chi connectivity index (χ0) is 15.4. The van der Waals surface area contributed by atoms with Crippen molar-refractivity contribution in [3.05, 3.63) is 65.3 Å². The first-order valence-corrected chi connectivity index (χ1v) is 7.48. The first-order valence-electron chi connectivity index (χ1n) is 6.66. The molecule has 2 aromatic heterocycles. The molecule has 0 aliphatic heterocycles. The highest BCUT2D eigenvalue weighted by molar-refractivity contribution is 7.17. The molecule has 2 heterocycles. The van der Waals surface area contributed by atoms with Crippen LogP contribution in [0.1, 0.15) is 15.2 Å². The van der Waals surface area contributed by atoms with Crippen molar-refractivity contribution < 1.29 is 9.90 Å². The topological polar surface area (TPSA) is 75.1 Å². The van der Waals surface area contributed by atoms with E-state index in [0.717, 1.165) is 22.5 Å². The Balaban J connectivity index is 1.74. The second-order valence-corrected chi connectivity index (χ2v) is 5.58. The van der Waals surface area contributed by atoms with Crippen LogP contribution in [0.4, 0.5) is 0 Å². The largest absolute Gasteiger partial charge is 0.492 e. The Labute approximate surface area is 131 Å². The van der Waals surface area contributed by atoms with Crippen molar-refractivity contribution >= 4 is 17.2 Å². The van der Waals surface area contributed by atoms with Gasteiger partial charge >= 0.3 is 0 Å². The maximum Gasteiger partial charge on any atom is 0.267 e. The summed E-state index contributed by atoms with van der Waals surface area (Å²) in [6.45, 7) is 0.402. The monoisotopic (exact) mass is 311 g/mol. The maximum atomic E-state index is 12.2. The highest BCUT2D eigenvalue weighted by atomic mass is 32.1. The minimum atomic E-state index is -0.339. The standard InChI is InChI=1S/C16H13N3O2S/c20-14(18-9-11-5-2-1-3-6-11)13-15(21)19-16(22-13)12-7-4-8-17-10-12/h1-8,10,21H,9H2,(H,18,20). The summed E-state index contributed by atoms with van der Waals surface area (Å²) in [6.07, 6.45) is 3.30. The first-order chi connectivity index (χ1) is 10.7. The second kappa shape index (κ2) is 6.36. The molecule has 6 heteroatoms. The third-order valence-corrected chi connectivity index (χ3v) is 4.11. The third kappa shape index (κ3) is 3.12. The highest BCUT2D eigenvalue weighted by Crippen LogP contribution is 2.31. The van der Waals surface area contributed by atoms with Crippen molar-refractivity contribution in [2.45, 2.75) is 6.54 Å². The van der Waals surface area contributed by atoms with Crippen LogP contribution in [0.5, 0.6) is 5.88 Å². The van der Waals surface area contributed by atoms with E-state index in [4.69, 9.17) is 0 Å². The van der Waals surface area contributed by atoms with E-state index < -0.39 is 0 Å². The van der Waals surface area contributed by atoms with E-state index in [1.54, 1.807) is 18.5 Å². The number of rotatable bonds is 4. The lowest BCUT2D eigenvalue weighted by molar-refractivity contribution is 0.0952. The highest BCUT2D eigenvalue weighted by Gasteiger charge is 2.18. The van der Waals surface area contributed by atoms with Gasteiger partial charge in [0.05, 0.1) is 0 Å². The molecule has 0 aliphatic carbocycles. The normalized spacial score (nSPS) is 10.4. The van der Waals surface area contributed by atoms with Gasteiger partial charge in [0.25, 0.3) is 5.91 Å². The SMILES string of the molecule is O=C(NCc1ccccc1)c1sc(-c2cccnc2)nc1O. The van der Waals surface area contributed by atoms with Gasteiger partial charge in [0.1, 0.15) is 5.01 Å². The number of hydrogen-bond donors (Lipinski definition) is 2. The molecule has 1 aromatic carbocycles. The number of thiazole rings is 1. The van der Waals surface area contributed by atoms with Crippen LogP contribution in [-0.2, 0) is 6.54 Å². The molecule has 1 amide bonds. The fourth-order valence-electron chi connectivity index (χ4n) is 1.93. The van der Waals surface area contributed by atoms with E-state index in [9.17, 15) is 9.90 Å². The van der Waals surface area contributed by atoms with Crippen LogP contribution in [0, 0.1) is 0 Å². The molecule has 0 saturated carbocycles. The molecule has 0 saturated heterocycles. The Kier molecular flexibility index (Phi) is 4.11. The Hall–Kier alpha value is -2.73. The Morgan fingerprint density at radius 3 is 2.73 bits per heavy atom. The smallest absolute Gasteiger partial charge is 0.267 e. The van der Waals surface area contributed by atoms with Crippen LogP contribution in [0.2, 0.25) is 0 Å². The number of aromatic hydroxyl groups is 1. The number of nitrogens with zero attached hydrogens (tertiary/aromatic N) is 2. The lowest BCUT2D eigenvalue weighted by Gasteiger charge is -2.03. The number of aromatic nitrogens is 2. The van der Waals surface area contributed by atoms with E-state index in [-0.39, 0.29) is 16.7 Å². The molecular formula is C16H13N3O2S. The van der Waals surface area contributed by atoms with Crippen molar-refractivity contribution in [1.82, 2.24) is 15.3 Å². The van der Waals surface area contributed by atoms with Crippen LogP contribution in [0.25, 0.3) is 10.6 Å². The van der Waals surface area contributed by atoms with Gasteiger partial charge in [-0.25, -0.2) is 4.98 Å². The first kappa shape index (κ1) is 14.2. The maximum absolute atomic E-state index is 12.2. The summed E-state index contributed by atoms with van der Waals surface area (Å²) in [7, 11) is 0. The summed E-state index contributed by atoms with van der Waals surface area (Å²) in [6, 6.07) is 13.2. The number of carbonyl (C=O) groups is 1. The van der Waals surface area contributed by atoms with Gasteiger partial charge in [-0.3, -0.25) is 9.78 Å². The van der Waals surface area contributed by atoms with Gasteiger partial charge in [0.2, 0.25) is 5.88 Å². The number of hydrogen-bond acceptors (Lipinski definition) is 5. The minimum absolute atomic E-state index is 0.204. The summed E-state index contributed by atoms with van der Waals surface area (Å²) in [5.74, 6) is -0.594. The van der Waals surface area contributed by atoms with Crippen molar-refractivity contribution in [2.75, 3.05) is 0 Å². The van der Waals surface area contributed by atoms with Crippen LogP contribution < -0.4 is 5.32 Å². The lowest BCUT2D eigenvalue weighted by atomic mass is 10.2. The summed E-state index contributed by atoms with van der Waals surface area (Å²) in [5.41, 5.74) is 1.76. The van der Waals surface area contributed by atoms with Gasteiger partial charge in [-0.15, -0.1) is 11.3 Å². The molecule has 2 N–H and O–H groups in total. The molecular weight excluding hydrogens is 298 g/mol. The van der Waals surface area contributed by atoms with Crippen LogP contribution in [0.15, 0.2) is 54.9 Å². The van der Waals surface area contributed by atoms with E-state index in [1.807, 2.05) is 36.4 Å². The number of carbonyl (C=O) groups excluding carboxylic acids is 1. The Morgan fingerprint density at radius 1 is 1.18 bits per heavy atom. The lowest BCUT2D eigenvalue weighted by Crippen LogP contribution is -2.21. The Bertz CT molecular complexity index is 773. The molecule has 0 atom stereocenters. The summed E-state index contributed by atoms with van der Waals surface area (Å²) >= 11 is 1.14. The minimum Gasteiger partial charge on any atom is -0.492 e. The Morgan fingerprint density at radius 2 is 2.00 bits per heavy atom. The number of nitrogens with one attached hydrogen (secondary N) is 1. The van der Waals surface area contributed by atoms with Gasteiger partial charge in [-0.1, -0.05) is 30.3 Å². The summed E-state index contributed by atoms with van der Waals surface area (Å²) in [5, 5.41) is 13.2. The van der Waals surface area contributed by atoms with Gasteiger partial charge in [0, 0.05) is 24.5 Å². The second-order valence-electron chi connectivity index (χ2n) is 4.58. The van der Waals surface area contributed by atoms with Crippen molar-refractivity contribution in [3.63, 3.8) is 0 Å². The predicted molar refractivity (Wildman–Crippen MR) is 84.6 cm³/mol. The molecule has 22 heavy (non-hydrogen) atoms. The fraction of sp³-hybridized carbons (Fsp3) is 0.0625. The third-order valence-electron chi connectivity index (χ3n) is 3.02. The summed E-state index contributed by atoms with van der Waals surface area (Å²) < 4.78 is 0. The molecule has 110 valence electrons. The van der Waals surface area contributed by atoms with Crippen LogP contribution >= 0.6 is 11.3 Å². The fourth-order valence-corrected chi connectivity index (χ4v) is 2.80. The van der Waals surface area contributed by atoms with Crippen LogP contribution in [-0.4, -0.2) is 21.0 Å². The quantitative estimate of drug-likeness (QED) is 0.777. The van der Waals surface area contributed by atoms with E-state index >= 15 is 0 Å². The van der Waals surface area contributed by atoms with E-state index in [2.05, 4.69) is 15.3 Å².